The van der Waals surface area contributed by atoms with Gasteiger partial charge >= 0.3 is 0 Å². The molecule has 0 aromatic carbocycles. The van der Waals surface area contributed by atoms with Crippen molar-refractivity contribution in [3.8, 4) is 6.07 Å². The van der Waals surface area contributed by atoms with Crippen LogP contribution in [-0.2, 0) is 0 Å². The minimum Gasteiger partial charge on any atom is -0.198 e. The van der Waals surface area contributed by atoms with Crippen LogP contribution in [0.4, 0.5) is 0 Å². The van der Waals surface area contributed by atoms with Crippen LogP contribution < -0.4 is 0 Å². The fraction of sp³-hybridized carbons (Fsp3) is 0.643. The van der Waals surface area contributed by atoms with Gasteiger partial charge in [-0.3, -0.25) is 0 Å². The fourth-order valence-corrected chi connectivity index (χ4v) is 5.03. The molecule has 1 aromatic heterocycles. The van der Waals surface area contributed by atoms with Crippen molar-refractivity contribution in [3.05, 3.63) is 17.5 Å². The Balaban J connectivity index is 1.98. The summed E-state index contributed by atoms with van der Waals surface area (Å²) in [6, 6.07) is 6.78. The van der Waals surface area contributed by atoms with Crippen LogP contribution in [0.1, 0.15) is 39.0 Å². The van der Waals surface area contributed by atoms with Crippen molar-refractivity contribution in [2.75, 3.05) is 0 Å². The molecule has 3 unspecified atom stereocenters. The van der Waals surface area contributed by atoms with Gasteiger partial charge in [0.15, 0.2) is 0 Å². The topological polar surface area (TPSA) is 23.8 Å². The molecule has 0 amide bonds. The molecule has 3 heteroatoms. The van der Waals surface area contributed by atoms with Crippen molar-refractivity contribution < 1.29 is 0 Å². The van der Waals surface area contributed by atoms with E-state index in [2.05, 4.69) is 30.5 Å². The smallest absolute Gasteiger partial charge is 0.0667 e. The normalized spacial score (nSPS) is 28.8. The van der Waals surface area contributed by atoms with Crippen molar-refractivity contribution in [2.24, 2.45) is 11.8 Å². The Kier molecular flexibility index (Phi) is 4.94. The van der Waals surface area contributed by atoms with E-state index in [1.807, 2.05) is 11.8 Å². The fourth-order valence-electron chi connectivity index (χ4n) is 2.64. The highest BCUT2D eigenvalue weighted by Crippen LogP contribution is 2.42. The molecule has 1 nitrogen and oxygen atoms in total. The number of nitriles is 1. The van der Waals surface area contributed by atoms with E-state index in [0.29, 0.717) is 5.25 Å². The predicted molar refractivity (Wildman–Crippen MR) is 75.3 cm³/mol. The quantitative estimate of drug-likeness (QED) is 0.769. The van der Waals surface area contributed by atoms with Gasteiger partial charge < -0.3 is 0 Å². The summed E-state index contributed by atoms with van der Waals surface area (Å²) in [7, 11) is 0. The van der Waals surface area contributed by atoms with Crippen LogP contribution in [0, 0.1) is 23.2 Å². The second-order valence-electron chi connectivity index (χ2n) is 4.79. The van der Waals surface area contributed by atoms with Gasteiger partial charge in [-0.15, -0.1) is 23.1 Å². The Morgan fingerprint density at radius 2 is 2.41 bits per heavy atom. The molecule has 92 valence electrons. The highest BCUT2D eigenvalue weighted by atomic mass is 32.2. The summed E-state index contributed by atoms with van der Waals surface area (Å²) >= 11 is 3.73. The van der Waals surface area contributed by atoms with Crippen LogP contribution in [0.2, 0.25) is 0 Å². The zero-order valence-electron chi connectivity index (χ0n) is 10.3. The lowest BCUT2D eigenvalue weighted by Crippen LogP contribution is -2.26. The van der Waals surface area contributed by atoms with Gasteiger partial charge in [0.05, 0.1) is 16.2 Å². The largest absolute Gasteiger partial charge is 0.198 e. The van der Waals surface area contributed by atoms with Crippen LogP contribution in [-0.4, -0.2) is 5.25 Å². The van der Waals surface area contributed by atoms with Crippen LogP contribution in [0.15, 0.2) is 21.7 Å². The lowest BCUT2D eigenvalue weighted by molar-refractivity contribution is 0.307. The summed E-state index contributed by atoms with van der Waals surface area (Å²) in [4.78, 5) is 0. The molecule has 1 saturated carbocycles. The highest BCUT2D eigenvalue weighted by molar-refractivity contribution is 8.01. The molecule has 0 saturated heterocycles. The van der Waals surface area contributed by atoms with Crippen molar-refractivity contribution >= 4 is 23.1 Å². The Hall–Kier alpha value is -0.460. The summed E-state index contributed by atoms with van der Waals surface area (Å²) in [6.07, 6.45) is 6.20. The average Bonchev–Trinajstić information content (AvgIpc) is 2.83. The number of rotatable bonds is 4. The maximum atomic E-state index is 9.25. The summed E-state index contributed by atoms with van der Waals surface area (Å²) in [5.74, 6) is 1.11. The van der Waals surface area contributed by atoms with E-state index in [0.717, 1.165) is 12.3 Å². The highest BCUT2D eigenvalue weighted by Gasteiger charge is 2.30. The molecular formula is C14H19NS2. The van der Waals surface area contributed by atoms with E-state index in [4.69, 9.17) is 0 Å². The van der Waals surface area contributed by atoms with Gasteiger partial charge in [-0.25, -0.2) is 0 Å². The molecule has 0 aliphatic heterocycles. The third-order valence-corrected chi connectivity index (χ3v) is 5.96. The Morgan fingerprint density at radius 1 is 1.53 bits per heavy atom. The molecule has 0 N–H and O–H groups in total. The summed E-state index contributed by atoms with van der Waals surface area (Å²) in [5.41, 5.74) is 0. The van der Waals surface area contributed by atoms with E-state index in [1.54, 1.807) is 11.3 Å². The molecule has 17 heavy (non-hydrogen) atoms. The molecule has 1 heterocycles. The third kappa shape index (κ3) is 3.50. The molecule has 2 rings (SSSR count). The first-order valence-corrected chi connectivity index (χ1v) is 8.19. The first kappa shape index (κ1) is 13.0. The number of thiophene rings is 1. The molecule has 1 aromatic rings. The maximum absolute atomic E-state index is 9.25. The number of hydrogen-bond acceptors (Lipinski definition) is 3. The van der Waals surface area contributed by atoms with Crippen molar-refractivity contribution in [2.45, 2.75) is 48.5 Å². The van der Waals surface area contributed by atoms with Crippen molar-refractivity contribution in [1.82, 2.24) is 0 Å². The van der Waals surface area contributed by atoms with Gasteiger partial charge in [0.2, 0.25) is 0 Å². The van der Waals surface area contributed by atoms with E-state index in [1.165, 1.54) is 29.9 Å². The SMILES string of the molecule is CCCC1CCC(C#N)C(Sc2cccs2)C1. The summed E-state index contributed by atoms with van der Waals surface area (Å²) < 4.78 is 1.37. The minimum absolute atomic E-state index is 0.259. The molecular weight excluding hydrogens is 246 g/mol. The lowest BCUT2D eigenvalue weighted by atomic mass is 9.80. The zero-order chi connectivity index (χ0) is 12.1. The van der Waals surface area contributed by atoms with Crippen LogP contribution in [0.5, 0.6) is 0 Å². The molecule has 0 bridgehead atoms. The first-order valence-electron chi connectivity index (χ1n) is 6.43. The monoisotopic (exact) mass is 265 g/mol. The number of hydrogen-bond donors (Lipinski definition) is 0. The summed E-state index contributed by atoms with van der Waals surface area (Å²) in [5, 5.41) is 11.9. The predicted octanol–water partition coefficient (Wildman–Crippen LogP) is 4.95. The maximum Gasteiger partial charge on any atom is 0.0667 e. The number of thioether (sulfide) groups is 1. The lowest BCUT2D eigenvalue weighted by Gasteiger charge is -2.31. The third-order valence-electron chi connectivity index (χ3n) is 3.53. The van der Waals surface area contributed by atoms with Crippen LogP contribution in [0.3, 0.4) is 0 Å². The van der Waals surface area contributed by atoms with E-state index >= 15 is 0 Å². The number of nitrogens with zero attached hydrogens (tertiary/aromatic N) is 1. The molecule has 1 aliphatic rings. The molecule has 1 fully saturated rings. The second kappa shape index (κ2) is 6.47. The average molecular weight is 265 g/mol. The molecule has 0 spiro atoms. The van der Waals surface area contributed by atoms with Gasteiger partial charge in [-0.1, -0.05) is 25.8 Å². The Morgan fingerprint density at radius 3 is 3.06 bits per heavy atom. The minimum atomic E-state index is 0.259. The van der Waals surface area contributed by atoms with E-state index in [-0.39, 0.29) is 5.92 Å². The molecule has 1 aliphatic carbocycles. The van der Waals surface area contributed by atoms with Crippen molar-refractivity contribution in [1.29, 1.82) is 5.26 Å². The van der Waals surface area contributed by atoms with Gasteiger partial charge in [-0.2, -0.15) is 5.26 Å². The first-order chi connectivity index (χ1) is 8.33. The zero-order valence-corrected chi connectivity index (χ0v) is 11.9. The second-order valence-corrected chi connectivity index (χ2v) is 7.28. The van der Waals surface area contributed by atoms with Crippen LogP contribution in [0.25, 0.3) is 0 Å². The standard InChI is InChI=1S/C14H19NS2/c1-2-4-11-6-7-12(10-15)13(9-11)17-14-5-3-8-16-14/h3,5,8,11-13H,2,4,6-7,9H2,1H3. The van der Waals surface area contributed by atoms with Gasteiger partial charge in [0.25, 0.3) is 0 Å². The summed E-state index contributed by atoms with van der Waals surface area (Å²) in [6.45, 7) is 2.26. The van der Waals surface area contributed by atoms with Crippen LogP contribution >= 0.6 is 23.1 Å². The Bertz CT molecular complexity index is 366. The van der Waals surface area contributed by atoms with Gasteiger partial charge in [-0.05, 0) is 36.6 Å². The molecule has 0 radical (unpaired) electrons. The molecule has 3 atom stereocenters. The van der Waals surface area contributed by atoms with E-state index in [9.17, 15) is 5.26 Å². The Labute approximate surface area is 112 Å². The van der Waals surface area contributed by atoms with Gasteiger partial charge in [0.1, 0.15) is 0 Å². The van der Waals surface area contributed by atoms with Gasteiger partial charge in [0, 0.05) is 5.25 Å². The van der Waals surface area contributed by atoms with Crippen molar-refractivity contribution in [3.63, 3.8) is 0 Å². The van der Waals surface area contributed by atoms with E-state index < -0.39 is 0 Å².